The van der Waals surface area contributed by atoms with Crippen LogP contribution in [0.1, 0.15) is 64.1 Å². The van der Waals surface area contributed by atoms with Crippen molar-refractivity contribution in [2.45, 2.75) is 84.9 Å². The van der Waals surface area contributed by atoms with Crippen LogP contribution in [0.25, 0.3) is 0 Å². The van der Waals surface area contributed by atoms with Crippen LogP contribution in [-0.4, -0.2) is 48.2 Å². The summed E-state index contributed by atoms with van der Waals surface area (Å²) < 4.78 is 8.13. The first-order valence-corrected chi connectivity index (χ1v) is 11.1. The molecule has 8 heteroatoms. The molecule has 4 N–H and O–H groups in total. The molecule has 0 saturated heterocycles. The largest absolute Gasteiger partial charge is 0.384 e. The highest BCUT2D eigenvalue weighted by Gasteiger charge is 2.27. The minimum atomic E-state index is -0.247. The molecule has 2 unspecified atom stereocenters. The summed E-state index contributed by atoms with van der Waals surface area (Å²) >= 11 is 0. The quantitative estimate of drug-likeness (QED) is 0.621. The fraction of sp³-hybridized carbons (Fsp3) is 0.714. The average molecular weight is 404 g/mol. The Kier molecular flexibility index (Phi) is 7.55. The maximum absolute atomic E-state index is 6.16. The van der Waals surface area contributed by atoms with Gasteiger partial charge in [0, 0.05) is 18.0 Å². The second-order valence-electron chi connectivity index (χ2n) is 7.60. The number of aliphatic imine (C=N–C) groups is 1. The first-order valence-electron chi connectivity index (χ1n) is 11.1. The van der Waals surface area contributed by atoms with Crippen LogP contribution in [0, 0.1) is 6.92 Å². The van der Waals surface area contributed by atoms with Gasteiger partial charge in [-0.2, -0.15) is 5.10 Å². The number of fused-ring (bicyclic) bond motifs is 1. The van der Waals surface area contributed by atoms with Crippen molar-refractivity contribution in [1.29, 1.82) is 0 Å². The van der Waals surface area contributed by atoms with E-state index in [1.54, 1.807) is 0 Å². The number of nitrogens with zero attached hydrogens (tertiary/aromatic N) is 3. The van der Waals surface area contributed by atoms with Gasteiger partial charge in [-0.05, 0) is 33.7 Å². The zero-order valence-electron chi connectivity index (χ0n) is 18.5. The Morgan fingerprint density at radius 1 is 1.21 bits per heavy atom. The van der Waals surface area contributed by atoms with E-state index in [0.717, 1.165) is 28.5 Å². The Balaban J connectivity index is 0.00000117. The molecule has 2 bridgehead atoms. The number of hydrogen-bond donors (Lipinski definition) is 4. The molecule has 3 heterocycles. The molecule has 1 aliphatic carbocycles. The maximum Gasteiger partial charge on any atom is 0.195 e. The number of anilines is 1. The lowest BCUT2D eigenvalue weighted by molar-refractivity contribution is 0.0458. The minimum absolute atomic E-state index is 0.224. The van der Waals surface area contributed by atoms with Crippen molar-refractivity contribution in [3.8, 4) is 0 Å². The van der Waals surface area contributed by atoms with E-state index in [2.05, 4.69) is 38.3 Å². The highest BCUT2D eigenvalue weighted by Crippen LogP contribution is 2.24. The predicted octanol–water partition coefficient (Wildman–Crippen LogP) is 2.66. The molecule has 2 atom stereocenters. The summed E-state index contributed by atoms with van der Waals surface area (Å²) in [6.45, 7) is 9.41. The Morgan fingerprint density at radius 3 is 2.69 bits per heavy atom. The van der Waals surface area contributed by atoms with Gasteiger partial charge in [0.1, 0.15) is 12.0 Å². The van der Waals surface area contributed by atoms with Crippen molar-refractivity contribution in [3.05, 3.63) is 22.7 Å². The topological polar surface area (TPSA) is 87.5 Å². The first kappa shape index (κ1) is 21.6. The molecule has 1 saturated carbocycles. The van der Waals surface area contributed by atoms with Gasteiger partial charge in [0.05, 0.1) is 30.1 Å². The number of likely N-dealkylation sites (N-methyl/N-ethyl adjacent to an activating group) is 1. The lowest BCUT2D eigenvalue weighted by Gasteiger charge is -2.32. The van der Waals surface area contributed by atoms with Gasteiger partial charge in [0.2, 0.25) is 0 Å². The number of aromatic nitrogens is 2. The second kappa shape index (κ2) is 10.1. The van der Waals surface area contributed by atoms with E-state index in [0.29, 0.717) is 19.2 Å². The second-order valence-corrected chi connectivity index (χ2v) is 7.60. The molecule has 1 aromatic rings. The van der Waals surface area contributed by atoms with E-state index in [1.807, 2.05) is 38.7 Å². The van der Waals surface area contributed by atoms with Gasteiger partial charge in [0.15, 0.2) is 6.29 Å². The van der Waals surface area contributed by atoms with Gasteiger partial charge < -0.3 is 20.7 Å². The molecule has 3 aliphatic rings. The normalized spacial score (nSPS) is 25.8. The molecule has 29 heavy (non-hydrogen) atoms. The minimum Gasteiger partial charge on any atom is -0.384 e. The lowest BCUT2D eigenvalue weighted by atomic mass is 9.95. The highest BCUT2D eigenvalue weighted by atomic mass is 16.5. The fourth-order valence-corrected chi connectivity index (χ4v) is 4.18. The molecule has 162 valence electrons. The zero-order valence-corrected chi connectivity index (χ0v) is 18.5. The van der Waals surface area contributed by atoms with Crippen LogP contribution in [0.3, 0.4) is 0 Å². The summed E-state index contributed by atoms with van der Waals surface area (Å²) in [5.74, 6) is 1.00. The van der Waals surface area contributed by atoms with Crippen LogP contribution >= 0.6 is 0 Å². The molecule has 0 amide bonds. The zero-order chi connectivity index (χ0) is 20.8. The lowest BCUT2D eigenvalue weighted by Crippen LogP contribution is -2.47. The average Bonchev–Trinajstić information content (AvgIpc) is 3.07. The van der Waals surface area contributed by atoms with Crippen molar-refractivity contribution >= 4 is 12.0 Å². The molecular weight excluding hydrogens is 366 g/mol. The molecule has 1 aromatic heterocycles. The van der Waals surface area contributed by atoms with Crippen molar-refractivity contribution in [3.63, 3.8) is 0 Å². The van der Waals surface area contributed by atoms with Crippen molar-refractivity contribution in [1.82, 2.24) is 25.7 Å². The Labute approximate surface area is 174 Å². The SMILES string of the molecule is CC.CNC1OCCn2nc(C)c3c2NC(N=C3)N/C1=C(\C)NC1CCCCC1. The number of ether oxygens (including phenoxy) is 1. The molecule has 1 fully saturated rings. The molecule has 8 nitrogen and oxygen atoms in total. The van der Waals surface area contributed by atoms with E-state index in [4.69, 9.17) is 4.74 Å². The Hall–Kier alpha value is -2.06. The van der Waals surface area contributed by atoms with Gasteiger partial charge in [0.25, 0.3) is 0 Å². The van der Waals surface area contributed by atoms with E-state index < -0.39 is 0 Å². The van der Waals surface area contributed by atoms with Gasteiger partial charge in [-0.15, -0.1) is 0 Å². The van der Waals surface area contributed by atoms with Crippen molar-refractivity contribution < 1.29 is 4.74 Å². The van der Waals surface area contributed by atoms with E-state index in [-0.39, 0.29) is 12.5 Å². The number of hydrogen-bond acceptors (Lipinski definition) is 7. The van der Waals surface area contributed by atoms with Crippen LogP contribution < -0.4 is 21.3 Å². The smallest absolute Gasteiger partial charge is 0.195 e. The van der Waals surface area contributed by atoms with Gasteiger partial charge in [-0.25, -0.2) is 9.67 Å². The monoisotopic (exact) mass is 403 g/mol. The van der Waals surface area contributed by atoms with E-state index >= 15 is 0 Å². The maximum atomic E-state index is 6.16. The van der Waals surface area contributed by atoms with E-state index in [1.165, 1.54) is 32.1 Å². The number of rotatable bonds is 3. The standard InChI is InChI=1S/C19H31N7O.C2H6/c1-12-15-11-21-19-23-16(13(2)22-14-7-5-4-6-8-14)18(20-3)27-10-9-26(25-12)17(15)24-19;1-2/h11,14,18-20,22-24H,4-10H2,1-3H3;1-2H3/b16-13+;. The summed E-state index contributed by atoms with van der Waals surface area (Å²) in [6.07, 6.45) is 7.88. The summed E-state index contributed by atoms with van der Waals surface area (Å²) in [6, 6.07) is 0.541. The van der Waals surface area contributed by atoms with Crippen molar-refractivity contribution in [2.75, 3.05) is 19.0 Å². The fourth-order valence-electron chi connectivity index (χ4n) is 4.18. The number of aryl methyl sites for hydroxylation is 1. The van der Waals surface area contributed by atoms with Crippen molar-refractivity contribution in [2.24, 2.45) is 4.99 Å². The van der Waals surface area contributed by atoms with Gasteiger partial charge in [-0.1, -0.05) is 33.1 Å². The van der Waals surface area contributed by atoms with Crippen LogP contribution in [0.2, 0.25) is 0 Å². The van der Waals surface area contributed by atoms with Crippen LogP contribution in [0.15, 0.2) is 16.4 Å². The van der Waals surface area contributed by atoms with Gasteiger partial charge >= 0.3 is 0 Å². The summed E-state index contributed by atoms with van der Waals surface area (Å²) in [5.41, 5.74) is 4.16. The molecular formula is C21H37N7O. The summed E-state index contributed by atoms with van der Waals surface area (Å²) in [5, 5.41) is 18.6. The number of nitrogens with one attached hydrogen (secondary N) is 4. The third-order valence-electron chi connectivity index (χ3n) is 5.63. The Bertz CT molecular complexity index is 734. The first-order chi connectivity index (χ1) is 14.2. The van der Waals surface area contributed by atoms with Gasteiger partial charge in [-0.3, -0.25) is 5.32 Å². The third kappa shape index (κ3) is 4.93. The third-order valence-corrected chi connectivity index (χ3v) is 5.63. The number of allylic oxidation sites excluding steroid dienone is 1. The summed E-state index contributed by atoms with van der Waals surface area (Å²) in [7, 11) is 1.92. The highest BCUT2D eigenvalue weighted by molar-refractivity contribution is 5.89. The Morgan fingerprint density at radius 2 is 1.97 bits per heavy atom. The van der Waals surface area contributed by atoms with E-state index in [9.17, 15) is 0 Å². The molecule has 0 aromatic carbocycles. The van der Waals surface area contributed by atoms with Crippen LogP contribution in [0.4, 0.5) is 5.82 Å². The van der Waals surface area contributed by atoms with Crippen LogP contribution in [0.5, 0.6) is 0 Å². The molecule has 4 rings (SSSR count). The molecule has 2 aliphatic heterocycles. The summed E-state index contributed by atoms with van der Waals surface area (Å²) in [4.78, 5) is 4.64. The predicted molar refractivity (Wildman–Crippen MR) is 118 cm³/mol. The molecule has 0 radical (unpaired) electrons. The van der Waals surface area contributed by atoms with Crippen LogP contribution in [-0.2, 0) is 11.3 Å². The molecule has 0 spiro atoms.